The van der Waals surface area contributed by atoms with Crippen LogP contribution in [0.1, 0.15) is 11.1 Å². The molecule has 0 radical (unpaired) electrons. The Labute approximate surface area is 151 Å². The molecule has 3 rings (SSSR count). The summed E-state index contributed by atoms with van der Waals surface area (Å²) in [4.78, 5) is 12.5. The van der Waals surface area contributed by atoms with E-state index in [0.717, 1.165) is 5.41 Å². The Kier molecular flexibility index (Phi) is 4.61. The Morgan fingerprint density at radius 1 is 1.23 bits per heavy atom. The summed E-state index contributed by atoms with van der Waals surface area (Å²) >= 11 is 0. The molecule has 0 spiro atoms. The molecule has 1 aliphatic heterocycles. The average Bonchev–Trinajstić information content (AvgIpc) is 2.94. The second-order valence-electron chi connectivity index (χ2n) is 5.50. The van der Waals surface area contributed by atoms with Gasteiger partial charge in [0.05, 0.1) is 12.0 Å². The van der Waals surface area contributed by atoms with E-state index in [9.17, 15) is 18.5 Å². The lowest BCUT2D eigenvalue weighted by Gasteiger charge is -2.07. The van der Waals surface area contributed by atoms with E-state index in [1.54, 1.807) is 36.4 Å². The van der Waals surface area contributed by atoms with Gasteiger partial charge >= 0.3 is 0 Å². The number of methoxy groups -OCH3 is 1. The number of sulfone groups is 1. The van der Waals surface area contributed by atoms with Crippen LogP contribution in [-0.4, -0.2) is 21.4 Å². The second kappa shape index (κ2) is 6.86. The SMILES string of the molecule is COc1cccc(/C=C(\C#N)C(=O)Nc2ccc3c(c2)S(=O)(=O)C=C3)c1. The van der Waals surface area contributed by atoms with Crippen LogP contribution in [0.15, 0.2) is 58.3 Å². The van der Waals surface area contributed by atoms with Crippen molar-refractivity contribution in [2.75, 3.05) is 12.4 Å². The minimum Gasteiger partial charge on any atom is -0.497 e. The molecule has 1 aliphatic rings. The Hall–Kier alpha value is -3.37. The molecular formula is C19H14N2O4S. The van der Waals surface area contributed by atoms with Gasteiger partial charge in [0.25, 0.3) is 5.91 Å². The van der Waals surface area contributed by atoms with Crippen molar-refractivity contribution in [1.82, 2.24) is 0 Å². The highest BCUT2D eigenvalue weighted by Crippen LogP contribution is 2.29. The summed E-state index contributed by atoms with van der Waals surface area (Å²) in [7, 11) is -1.95. The first-order chi connectivity index (χ1) is 12.4. The van der Waals surface area contributed by atoms with Crippen molar-refractivity contribution in [1.29, 1.82) is 5.26 Å². The summed E-state index contributed by atoms with van der Waals surface area (Å²) in [6.07, 6.45) is 2.93. The van der Waals surface area contributed by atoms with Crippen molar-refractivity contribution in [3.63, 3.8) is 0 Å². The number of anilines is 1. The molecule has 130 valence electrons. The Morgan fingerprint density at radius 2 is 2.04 bits per heavy atom. The van der Waals surface area contributed by atoms with Gasteiger partial charge in [-0.15, -0.1) is 0 Å². The summed E-state index contributed by atoms with van der Waals surface area (Å²) in [6, 6.07) is 13.3. The zero-order valence-electron chi connectivity index (χ0n) is 13.8. The van der Waals surface area contributed by atoms with E-state index in [0.29, 0.717) is 22.6 Å². The van der Waals surface area contributed by atoms with E-state index >= 15 is 0 Å². The van der Waals surface area contributed by atoms with Gasteiger partial charge in [-0.25, -0.2) is 8.42 Å². The normalized spacial score (nSPS) is 14.4. The number of amides is 1. The number of carbonyl (C=O) groups excluding carboxylic acids is 1. The lowest BCUT2D eigenvalue weighted by Crippen LogP contribution is -2.13. The van der Waals surface area contributed by atoms with E-state index < -0.39 is 15.7 Å². The highest BCUT2D eigenvalue weighted by molar-refractivity contribution is 7.94. The number of carbonyl (C=O) groups is 1. The highest BCUT2D eigenvalue weighted by Gasteiger charge is 2.21. The predicted octanol–water partition coefficient (Wildman–Crippen LogP) is 3.00. The topological polar surface area (TPSA) is 96.3 Å². The molecule has 1 amide bonds. The molecule has 0 aliphatic carbocycles. The van der Waals surface area contributed by atoms with Gasteiger partial charge in [-0.2, -0.15) is 5.26 Å². The van der Waals surface area contributed by atoms with Crippen LogP contribution < -0.4 is 10.1 Å². The minimum absolute atomic E-state index is 0.111. The van der Waals surface area contributed by atoms with Crippen molar-refractivity contribution < 1.29 is 17.9 Å². The number of nitrogens with one attached hydrogen (secondary N) is 1. The number of ether oxygens (including phenoxy) is 1. The Balaban J connectivity index is 1.85. The third-order valence-electron chi connectivity index (χ3n) is 3.77. The molecule has 0 saturated carbocycles. The summed E-state index contributed by atoms with van der Waals surface area (Å²) < 4.78 is 28.9. The molecule has 1 heterocycles. The molecule has 6 nitrogen and oxygen atoms in total. The maximum absolute atomic E-state index is 12.4. The molecule has 0 aromatic heterocycles. The second-order valence-corrected chi connectivity index (χ2v) is 7.30. The first-order valence-electron chi connectivity index (χ1n) is 7.57. The van der Waals surface area contributed by atoms with Crippen molar-refractivity contribution in [3.05, 3.63) is 64.6 Å². The Morgan fingerprint density at radius 3 is 2.77 bits per heavy atom. The van der Waals surface area contributed by atoms with Gasteiger partial charge in [0.1, 0.15) is 17.4 Å². The quantitative estimate of drug-likeness (QED) is 0.663. The number of rotatable bonds is 4. The zero-order valence-corrected chi connectivity index (χ0v) is 14.6. The summed E-state index contributed by atoms with van der Waals surface area (Å²) in [5.74, 6) is -0.0219. The van der Waals surface area contributed by atoms with Crippen LogP contribution in [0.25, 0.3) is 12.2 Å². The van der Waals surface area contributed by atoms with E-state index in [4.69, 9.17) is 4.74 Å². The van der Waals surface area contributed by atoms with Crippen LogP contribution in [0.4, 0.5) is 5.69 Å². The first kappa shape index (κ1) is 17.5. The van der Waals surface area contributed by atoms with Crippen LogP contribution in [0.5, 0.6) is 5.75 Å². The third kappa shape index (κ3) is 3.50. The van der Waals surface area contributed by atoms with Gasteiger partial charge < -0.3 is 10.1 Å². The maximum atomic E-state index is 12.4. The van der Waals surface area contributed by atoms with Crippen LogP contribution in [0.2, 0.25) is 0 Å². The number of nitriles is 1. The van der Waals surface area contributed by atoms with Gasteiger partial charge in [-0.3, -0.25) is 4.79 Å². The molecule has 0 bridgehead atoms. The smallest absolute Gasteiger partial charge is 0.266 e. The molecule has 0 unspecified atom stereocenters. The fraction of sp³-hybridized carbons (Fsp3) is 0.0526. The first-order valence-corrected chi connectivity index (χ1v) is 9.12. The predicted molar refractivity (Wildman–Crippen MR) is 97.9 cm³/mol. The third-order valence-corrected chi connectivity index (χ3v) is 5.24. The van der Waals surface area contributed by atoms with Crippen molar-refractivity contribution in [3.8, 4) is 11.8 Å². The molecule has 26 heavy (non-hydrogen) atoms. The lowest BCUT2D eigenvalue weighted by molar-refractivity contribution is -0.112. The monoisotopic (exact) mass is 366 g/mol. The van der Waals surface area contributed by atoms with Crippen LogP contribution in [0, 0.1) is 11.3 Å². The van der Waals surface area contributed by atoms with Gasteiger partial charge in [0.2, 0.25) is 9.84 Å². The van der Waals surface area contributed by atoms with Crippen LogP contribution in [0.3, 0.4) is 0 Å². The lowest BCUT2D eigenvalue weighted by atomic mass is 10.1. The maximum Gasteiger partial charge on any atom is 0.266 e. The molecule has 2 aromatic rings. The fourth-order valence-corrected chi connectivity index (χ4v) is 3.71. The van der Waals surface area contributed by atoms with Gasteiger partial charge in [0, 0.05) is 11.1 Å². The molecule has 2 aromatic carbocycles. The molecule has 0 atom stereocenters. The number of hydrogen-bond acceptors (Lipinski definition) is 5. The van der Waals surface area contributed by atoms with E-state index in [2.05, 4.69) is 5.32 Å². The van der Waals surface area contributed by atoms with E-state index in [1.807, 2.05) is 6.07 Å². The van der Waals surface area contributed by atoms with Crippen molar-refractivity contribution in [2.24, 2.45) is 0 Å². The number of hydrogen-bond donors (Lipinski definition) is 1. The van der Waals surface area contributed by atoms with Gasteiger partial charge in [0.15, 0.2) is 0 Å². The number of fused-ring (bicyclic) bond motifs is 1. The van der Waals surface area contributed by atoms with Crippen molar-refractivity contribution >= 4 is 33.6 Å². The standard InChI is InChI=1S/C19H14N2O4S/c1-25-17-4-2-3-13(10-17)9-15(12-20)19(22)21-16-6-5-14-7-8-26(23,24)18(14)11-16/h2-11H,1H3,(H,21,22)/b15-9+. The van der Waals surface area contributed by atoms with Crippen molar-refractivity contribution in [2.45, 2.75) is 4.90 Å². The van der Waals surface area contributed by atoms with E-state index in [1.165, 1.54) is 25.3 Å². The highest BCUT2D eigenvalue weighted by atomic mass is 32.2. The number of benzene rings is 2. The number of nitrogens with zero attached hydrogens (tertiary/aromatic N) is 1. The summed E-state index contributed by atoms with van der Waals surface area (Å²) in [5.41, 5.74) is 1.39. The fourth-order valence-electron chi connectivity index (χ4n) is 2.48. The molecule has 7 heteroatoms. The summed E-state index contributed by atoms with van der Waals surface area (Å²) in [6.45, 7) is 0. The summed E-state index contributed by atoms with van der Waals surface area (Å²) in [5, 5.41) is 13.0. The molecular weight excluding hydrogens is 352 g/mol. The Bertz CT molecular complexity index is 1090. The zero-order chi connectivity index (χ0) is 18.7. The molecule has 1 N–H and O–H groups in total. The average molecular weight is 366 g/mol. The van der Waals surface area contributed by atoms with Crippen LogP contribution in [-0.2, 0) is 14.6 Å². The minimum atomic E-state index is -3.47. The molecule has 0 fully saturated rings. The molecule has 0 saturated heterocycles. The van der Waals surface area contributed by atoms with E-state index in [-0.39, 0.29) is 10.5 Å². The van der Waals surface area contributed by atoms with Crippen LogP contribution >= 0.6 is 0 Å². The van der Waals surface area contributed by atoms with Gasteiger partial charge in [-0.1, -0.05) is 18.2 Å². The largest absolute Gasteiger partial charge is 0.497 e. The van der Waals surface area contributed by atoms with Gasteiger partial charge in [-0.05, 0) is 47.5 Å².